The van der Waals surface area contributed by atoms with E-state index >= 15 is 0 Å². The van der Waals surface area contributed by atoms with Crippen LogP contribution in [0.1, 0.15) is 23.6 Å². The van der Waals surface area contributed by atoms with Crippen LogP contribution in [-0.2, 0) is 16.4 Å². The summed E-state index contributed by atoms with van der Waals surface area (Å²) in [6, 6.07) is 4.14. The average molecular weight is 317 g/mol. The Balaban J connectivity index is 2.51. The first kappa shape index (κ1) is 17.0. The first-order valence-corrected chi connectivity index (χ1v) is 9.38. The minimum atomic E-state index is -2.94. The smallest absolute Gasteiger partial charge is 0.191 e. The molecule has 0 aliphatic rings. The maximum Gasteiger partial charge on any atom is 0.191 e. The third kappa shape index (κ3) is 6.38. The fourth-order valence-electron chi connectivity index (χ4n) is 1.54. The predicted octanol–water partition coefficient (Wildman–Crippen LogP) is 1.55. The van der Waals surface area contributed by atoms with E-state index in [1.165, 1.54) is 9.75 Å². The number of nitrogens with zero attached hydrogens (tertiary/aromatic N) is 1. The standard InChI is InChI=1S/C13H23N3O2S2/c1-4-14-13(15-8-9-20(17,18)5-2)16-10-12-7-6-11(3)19-12/h6-7H,4-5,8-10H2,1-3H3,(H2,14,15,16). The summed E-state index contributed by atoms with van der Waals surface area (Å²) in [4.78, 5) is 6.91. The topological polar surface area (TPSA) is 70.6 Å². The van der Waals surface area contributed by atoms with E-state index in [0.717, 1.165) is 6.54 Å². The molecule has 0 atom stereocenters. The number of sulfone groups is 1. The molecule has 0 radical (unpaired) electrons. The number of hydrogen-bond acceptors (Lipinski definition) is 4. The average Bonchev–Trinajstić information content (AvgIpc) is 2.81. The Bertz CT molecular complexity index is 536. The molecule has 0 fully saturated rings. The van der Waals surface area contributed by atoms with Crippen molar-refractivity contribution in [3.05, 3.63) is 21.9 Å². The third-order valence-corrected chi connectivity index (χ3v) is 5.37. The largest absolute Gasteiger partial charge is 0.357 e. The Kier molecular flexibility index (Phi) is 7.01. The fourth-order valence-corrected chi connectivity index (χ4v) is 3.05. The predicted molar refractivity (Wildman–Crippen MR) is 86.2 cm³/mol. The molecule has 1 aromatic heterocycles. The van der Waals surface area contributed by atoms with Crippen molar-refractivity contribution in [1.29, 1.82) is 0 Å². The number of thiophene rings is 1. The highest BCUT2D eigenvalue weighted by Gasteiger charge is 2.07. The maximum atomic E-state index is 11.4. The van der Waals surface area contributed by atoms with Crippen molar-refractivity contribution < 1.29 is 8.42 Å². The van der Waals surface area contributed by atoms with Crippen molar-refractivity contribution in [1.82, 2.24) is 10.6 Å². The van der Waals surface area contributed by atoms with Crippen LogP contribution in [-0.4, -0.2) is 39.0 Å². The number of guanidine groups is 1. The van der Waals surface area contributed by atoms with Gasteiger partial charge in [0.05, 0.1) is 12.3 Å². The Morgan fingerprint density at radius 2 is 2.05 bits per heavy atom. The van der Waals surface area contributed by atoms with Gasteiger partial charge in [-0.25, -0.2) is 13.4 Å². The minimum Gasteiger partial charge on any atom is -0.357 e. The number of hydrogen-bond donors (Lipinski definition) is 2. The van der Waals surface area contributed by atoms with Crippen LogP contribution in [0.25, 0.3) is 0 Å². The third-order valence-electron chi connectivity index (χ3n) is 2.68. The molecule has 0 saturated carbocycles. The molecular formula is C13H23N3O2S2. The lowest BCUT2D eigenvalue weighted by Gasteiger charge is -2.10. The first-order chi connectivity index (χ1) is 9.46. The molecule has 1 heterocycles. The molecule has 20 heavy (non-hydrogen) atoms. The monoisotopic (exact) mass is 317 g/mol. The highest BCUT2D eigenvalue weighted by Crippen LogP contribution is 2.15. The molecule has 0 bridgehead atoms. The van der Waals surface area contributed by atoms with Crippen molar-refractivity contribution in [2.45, 2.75) is 27.3 Å². The molecule has 0 saturated heterocycles. The Morgan fingerprint density at radius 3 is 2.60 bits per heavy atom. The SMILES string of the molecule is CCNC(=NCc1ccc(C)s1)NCCS(=O)(=O)CC. The van der Waals surface area contributed by atoms with E-state index < -0.39 is 9.84 Å². The summed E-state index contributed by atoms with van der Waals surface area (Å²) in [5.41, 5.74) is 0. The van der Waals surface area contributed by atoms with Gasteiger partial charge in [0.1, 0.15) is 0 Å². The second kappa shape index (κ2) is 8.26. The van der Waals surface area contributed by atoms with E-state index in [-0.39, 0.29) is 11.5 Å². The molecular weight excluding hydrogens is 294 g/mol. The maximum absolute atomic E-state index is 11.4. The van der Waals surface area contributed by atoms with E-state index in [1.54, 1.807) is 18.3 Å². The highest BCUT2D eigenvalue weighted by molar-refractivity contribution is 7.91. The van der Waals surface area contributed by atoms with Gasteiger partial charge in [-0.05, 0) is 26.0 Å². The van der Waals surface area contributed by atoms with Crippen LogP contribution in [0.15, 0.2) is 17.1 Å². The summed E-state index contributed by atoms with van der Waals surface area (Å²) < 4.78 is 22.8. The molecule has 2 N–H and O–H groups in total. The van der Waals surface area contributed by atoms with Crippen LogP contribution in [0.3, 0.4) is 0 Å². The molecule has 7 heteroatoms. The molecule has 114 valence electrons. The van der Waals surface area contributed by atoms with Crippen molar-refractivity contribution in [2.75, 3.05) is 24.6 Å². The number of aliphatic imine (C=N–C) groups is 1. The van der Waals surface area contributed by atoms with Gasteiger partial charge in [0, 0.05) is 28.6 Å². The highest BCUT2D eigenvalue weighted by atomic mass is 32.2. The summed E-state index contributed by atoms with van der Waals surface area (Å²) in [6.45, 7) is 7.44. The lowest BCUT2D eigenvalue weighted by molar-refractivity contribution is 0.595. The molecule has 0 aliphatic carbocycles. The Morgan fingerprint density at radius 1 is 1.30 bits per heavy atom. The molecule has 5 nitrogen and oxygen atoms in total. The van der Waals surface area contributed by atoms with E-state index in [0.29, 0.717) is 19.0 Å². The quantitative estimate of drug-likeness (QED) is 0.591. The minimum absolute atomic E-state index is 0.131. The first-order valence-electron chi connectivity index (χ1n) is 6.74. The van der Waals surface area contributed by atoms with Gasteiger partial charge in [-0.3, -0.25) is 0 Å². The fraction of sp³-hybridized carbons (Fsp3) is 0.615. The summed E-state index contributed by atoms with van der Waals surface area (Å²) in [5, 5.41) is 6.17. The van der Waals surface area contributed by atoms with Gasteiger partial charge in [0.25, 0.3) is 0 Å². The molecule has 0 amide bonds. The second-order valence-electron chi connectivity index (χ2n) is 4.37. The van der Waals surface area contributed by atoms with Crippen molar-refractivity contribution in [3.63, 3.8) is 0 Å². The van der Waals surface area contributed by atoms with Gasteiger partial charge in [0.15, 0.2) is 15.8 Å². The van der Waals surface area contributed by atoms with Gasteiger partial charge in [-0.2, -0.15) is 0 Å². The van der Waals surface area contributed by atoms with Gasteiger partial charge in [-0.1, -0.05) is 6.92 Å². The second-order valence-corrected chi connectivity index (χ2v) is 8.22. The summed E-state index contributed by atoms with van der Waals surface area (Å²) >= 11 is 1.72. The lowest BCUT2D eigenvalue weighted by atomic mass is 10.4. The Hall–Kier alpha value is -1.08. The van der Waals surface area contributed by atoms with Crippen molar-refractivity contribution in [3.8, 4) is 0 Å². The van der Waals surface area contributed by atoms with E-state index in [1.807, 2.05) is 6.92 Å². The summed E-state index contributed by atoms with van der Waals surface area (Å²) in [7, 11) is -2.94. The van der Waals surface area contributed by atoms with Gasteiger partial charge in [0.2, 0.25) is 0 Å². The zero-order chi connectivity index (χ0) is 15.0. The zero-order valence-corrected chi connectivity index (χ0v) is 13.9. The number of aryl methyl sites for hydroxylation is 1. The van der Waals surface area contributed by atoms with Crippen LogP contribution >= 0.6 is 11.3 Å². The van der Waals surface area contributed by atoms with Gasteiger partial charge < -0.3 is 10.6 Å². The zero-order valence-electron chi connectivity index (χ0n) is 12.3. The summed E-state index contributed by atoms with van der Waals surface area (Å²) in [6.07, 6.45) is 0. The van der Waals surface area contributed by atoms with Crippen LogP contribution in [0, 0.1) is 6.92 Å². The molecule has 1 aromatic rings. The van der Waals surface area contributed by atoms with Crippen LogP contribution in [0.2, 0.25) is 0 Å². The lowest BCUT2D eigenvalue weighted by Crippen LogP contribution is -2.39. The molecule has 0 aromatic carbocycles. The van der Waals surface area contributed by atoms with Crippen LogP contribution in [0.4, 0.5) is 0 Å². The van der Waals surface area contributed by atoms with Crippen LogP contribution < -0.4 is 10.6 Å². The van der Waals surface area contributed by atoms with Crippen molar-refractivity contribution in [2.24, 2.45) is 4.99 Å². The number of nitrogens with one attached hydrogen (secondary N) is 2. The van der Waals surface area contributed by atoms with E-state index in [9.17, 15) is 8.42 Å². The normalized spacial score (nSPS) is 12.4. The molecule has 0 aliphatic heterocycles. The molecule has 1 rings (SSSR count). The molecule has 0 unspecified atom stereocenters. The Labute approximate surface area is 125 Å². The van der Waals surface area contributed by atoms with Gasteiger partial charge in [-0.15, -0.1) is 11.3 Å². The molecule has 0 spiro atoms. The van der Waals surface area contributed by atoms with Gasteiger partial charge >= 0.3 is 0 Å². The van der Waals surface area contributed by atoms with E-state index in [4.69, 9.17) is 0 Å². The van der Waals surface area contributed by atoms with Crippen molar-refractivity contribution >= 4 is 27.1 Å². The van der Waals surface area contributed by atoms with Crippen LogP contribution in [0.5, 0.6) is 0 Å². The van der Waals surface area contributed by atoms with E-state index in [2.05, 4.69) is 34.7 Å². The summed E-state index contributed by atoms with van der Waals surface area (Å²) in [5.74, 6) is 0.966. The number of rotatable bonds is 7.